The summed E-state index contributed by atoms with van der Waals surface area (Å²) in [5, 5.41) is 5.85. The summed E-state index contributed by atoms with van der Waals surface area (Å²) in [4.78, 5) is 24.2. The van der Waals surface area contributed by atoms with Gasteiger partial charge in [-0.1, -0.05) is 142 Å². The van der Waals surface area contributed by atoms with Crippen LogP contribution in [0.5, 0.6) is 11.5 Å². The summed E-state index contributed by atoms with van der Waals surface area (Å²) in [5.41, 5.74) is 5.90. The third kappa shape index (κ3) is 24.9. The van der Waals surface area contributed by atoms with Gasteiger partial charge in [0.25, 0.3) is 5.91 Å². The normalized spacial score (nSPS) is 11.0. The summed E-state index contributed by atoms with van der Waals surface area (Å²) < 4.78 is 12.2. The van der Waals surface area contributed by atoms with Crippen molar-refractivity contribution in [3.63, 3.8) is 0 Å². The number of carbonyl (C=O) groups excluding carboxylic acids is 2. The molecule has 1 rings (SSSR count). The minimum absolute atomic E-state index is 0.0314. The molecule has 0 bridgehead atoms. The fraction of sp³-hybridized carbons (Fsp3) is 0.795. The highest BCUT2D eigenvalue weighted by molar-refractivity contribution is 5.95. The van der Waals surface area contributed by atoms with Gasteiger partial charge in [-0.05, 0) is 37.8 Å². The van der Waals surface area contributed by atoms with Crippen LogP contribution in [0.1, 0.15) is 178 Å². The van der Waals surface area contributed by atoms with Crippen LogP contribution in [0.4, 0.5) is 0 Å². The molecule has 7 heteroatoms. The minimum Gasteiger partial charge on any atom is -0.493 e. The van der Waals surface area contributed by atoms with Crippen molar-refractivity contribution in [2.45, 2.75) is 168 Å². The van der Waals surface area contributed by atoms with Crippen molar-refractivity contribution in [2.75, 3.05) is 32.8 Å². The molecule has 46 heavy (non-hydrogen) atoms. The second-order valence-electron chi connectivity index (χ2n) is 13.0. The number of unbranched alkanes of at least 4 members (excludes halogenated alkanes) is 21. The molecule has 0 spiro atoms. The highest BCUT2D eigenvalue weighted by Crippen LogP contribution is 2.24. The molecule has 266 valence electrons. The lowest BCUT2D eigenvalue weighted by Gasteiger charge is -2.13. The molecule has 0 aromatic heterocycles. The van der Waals surface area contributed by atoms with Gasteiger partial charge in [0.15, 0.2) is 0 Å². The Morgan fingerprint density at radius 3 is 1.30 bits per heavy atom. The molecule has 0 saturated heterocycles. The number of ether oxygens (including phenoxy) is 2. The summed E-state index contributed by atoms with van der Waals surface area (Å²) >= 11 is 0. The highest BCUT2D eigenvalue weighted by atomic mass is 16.5. The summed E-state index contributed by atoms with van der Waals surface area (Å²) in [6, 6.07) is 5.63. The number of nitrogens with one attached hydrogen (secondary N) is 2. The number of carbonyl (C=O) groups is 2. The summed E-state index contributed by atoms with van der Waals surface area (Å²) in [6.45, 7) is 7.14. The lowest BCUT2D eigenvalue weighted by Crippen LogP contribution is -2.30. The van der Waals surface area contributed by atoms with Crippen molar-refractivity contribution in [2.24, 2.45) is 5.73 Å². The van der Waals surface area contributed by atoms with Crippen LogP contribution in [-0.2, 0) is 4.79 Å². The Morgan fingerprint density at radius 2 is 0.891 bits per heavy atom. The van der Waals surface area contributed by atoms with E-state index in [1.807, 2.05) is 18.2 Å². The average molecular weight is 646 g/mol. The lowest BCUT2D eigenvalue weighted by molar-refractivity contribution is -0.119. The van der Waals surface area contributed by atoms with E-state index < -0.39 is 0 Å². The van der Waals surface area contributed by atoms with Gasteiger partial charge in [0.1, 0.15) is 11.5 Å². The van der Waals surface area contributed by atoms with Gasteiger partial charge in [0.2, 0.25) is 5.91 Å². The number of nitrogens with two attached hydrogens (primary N) is 1. The molecule has 0 saturated carbocycles. The smallest absolute Gasteiger partial charge is 0.251 e. The average Bonchev–Trinajstić information content (AvgIpc) is 3.06. The Kier molecular flexibility index (Phi) is 28.4. The Labute approximate surface area is 282 Å². The van der Waals surface area contributed by atoms with Crippen LogP contribution in [0.3, 0.4) is 0 Å². The fourth-order valence-electron chi connectivity index (χ4n) is 5.64. The molecule has 0 aliphatic rings. The van der Waals surface area contributed by atoms with E-state index in [0.29, 0.717) is 43.4 Å². The molecule has 1 aromatic rings. The van der Waals surface area contributed by atoms with Crippen LogP contribution in [0, 0.1) is 0 Å². The van der Waals surface area contributed by atoms with Gasteiger partial charge in [-0.2, -0.15) is 0 Å². The SMILES string of the molecule is CCCCCCCCCCCCOc1cc(OCCCCCCCCCCCC)cc(C(=O)NCCCCCCNC(=O)CN)c1. The van der Waals surface area contributed by atoms with Gasteiger partial charge in [-0.3, -0.25) is 9.59 Å². The summed E-state index contributed by atoms with van der Waals surface area (Å²) in [7, 11) is 0. The van der Waals surface area contributed by atoms with E-state index in [1.165, 1.54) is 116 Å². The minimum atomic E-state index is -0.117. The van der Waals surface area contributed by atoms with E-state index in [0.717, 1.165) is 38.5 Å². The van der Waals surface area contributed by atoms with Crippen molar-refractivity contribution in [1.82, 2.24) is 10.6 Å². The van der Waals surface area contributed by atoms with Crippen LogP contribution < -0.4 is 25.8 Å². The molecule has 4 N–H and O–H groups in total. The number of amides is 2. The predicted octanol–water partition coefficient (Wildman–Crippen LogP) is 9.65. The van der Waals surface area contributed by atoms with E-state index in [1.54, 1.807) is 0 Å². The summed E-state index contributed by atoms with van der Waals surface area (Å²) in [5.74, 6) is 1.21. The number of hydrogen-bond acceptors (Lipinski definition) is 5. The van der Waals surface area contributed by atoms with Crippen LogP contribution in [0.25, 0.3) is 0 Å². The van der Waals surface area contributed by atoms with E-state index in [-0.39, 0.29) is 18.4 Å². The van der Waals surface area contributed by atoms with Gasteiger partial charge in [-0.25, -0.2) is 0 Å². The highest BCUT2D eigenvalue weighted by Gasteiger charge is 2.11. The number of rotatable bonds is 33. The third-order valence-electron chi connectivity index (χ3n) is 8.57. The van der Waals surface area contributed by atoms with Crippen LogP contribution >= 0.6 is 0 Å². The third-order valence-corrected chi connectivity index (χ3v) is 8.57. The molecule has 0 aliphatic heterocycles. The zero-order chi connectivity index (χ0) is 33.3. The van der Waals surface area contributed by atoms with Crippen molar-refractivity contribution < 1.29 is 19.1 Å². The molecular formula is C39H71N3O4. The molecule has 1 aromatic carbocycles. The van der Waals surface area contributed by atoms with Gasteiger partial charge >= 0.3 is 0 Å². The molecule has 0 atom stereocenters. The topological polar surface area (TPSA) is 103 Å². The van der Waals surface area contributed by atoms with Crippen molar-refractivity contribution in [3.05, 3.63) is 23.8 Å². The maximum Gasteiger partial charge on any atom is 0.251 e. The second-order valence-corrected chi connectivity index (χ2v) is 13.0. The van der Waals surface area contributed by atoms with Crippen molar-refractivity contribution in [1.29, 1.82) is 0 Å². The Balaban J connectivity index is 2.44. The first kappa shape index (κ1) is 41.7. The van der Waals surface area contributed by atoms with E-state index in [9.17, 15) is 9.59 Å². The molecule has 0 heterocycles. The zero-order valence-electron chi connectivity index (χ0n) is 29.9. The van der Waals surface area contributed by atoms with E-state index >= 15 is 0 Å². The van der Waals surface area contributed by atoms with Gasteiger partial charge in [-0.15, -0.1) is 0 Å². The van der Waals surface area contributed by atoms with E-state index in [2.05, 4.69) is 24.5 Å². The number of benzene rings is 1. The van der Waals surface area contributed by atoms with Gasteiger partial charge in [0.05, 0.1) is 19.8 Å². The van der Waals surface area contributed by atoms with Crippen molar-refractivity contribution >= 4 is 11.8 Å². The molecule has 0 fully saturated rings. The van der Waals surface area contributed by atoms with Crippen LogP contribution in [0.2, 0.25) is 0 Å². The molecule has 7 nitrogen and oxygen atoms in total. The molecule has 0 unspecified atom stereocenters. The first-order valence-electron chi connectivity index (χ1n) is 19.3. The first-order chi connectivity index (χ1) is 22.6. The maximum absolute atomic E-state index is 13.0. The van der Waals surface area contributed by atoms with Gasteiger partial charge < -0.3 is 25.8 Å². The Bertz CT molecular complexity index is 819. The van der Waals surface area contributed by atoms with Crippen LogP contribution in [0.15, 0.2) is 18.2 Å². The largest absolute Gasteiger partial charge is 0.493 e. The predicted molar refractivity (Wildman–Crippen MR) is 194 cm³/mol. The quantitative estimate of drug-likeness (QED) is 0.0661. The monoisotopic (exact) mass is 646 g/mol. The summed E-state index contributed by atoms with van der Waals surface area (Å²) in [6.07, 6.45) is 29.6. The van der Waals surface area contributed by atoms with E-state index in [4.69, 9.17) is 15.2 Å². The fourth-order valence-corrected chi connectivity index (χ4v) is 5.64. The Morgan fingerprint density at radius 1 is 0.522 bits per heavy atom. The standard InChI is InChI=1S/C39H71N3O4/c1-3-5-7-9-11-13-15-17-21-25-29-45-36-31-35(39(44)42-28-24-20-19-23-27-41-38(43)34-40)32-37(33-36)46-30-26-22-18-16-14-12-10-8-6-4-2/h31-33H,3-30,34,40H2,1-2H3,(H,41,43)(H,42,44). The Hall–Kier alpha value is -2.28. The van der Waals surface area contributed by atoms with Gasteiger partial charge in [0, 0.05) is 24.7 Å². The molecular weight excluding hydrogens is 574 g/mol. The first-order valence-corrected chi connectivity index (χ1v) is 19.3. The van der Waals surface area contributed by atoms with Crippen molar-refractivity contribution in [3.8, 4) is 11.5 Å². The lowest BCUT2D eigenvalue weighted by atomic mass is 10.1. The second kappa shape index (κ2) is 31.3. The molecule has 0 radical (unpaired) electrons. The maximum atomic E-state index is 13.0. The molecule has 0 aliphatic carbocycles. The molecule has 2 amide bonds. The van der Waals surface area contributed by atoms with Crippen LogP contribution in [-0.4, -0.2) is 44.7 Å². The zero-order valence-corrected chi connectivity index (χ0v) is 29.9. The number of hydrogen-bond donors (Lipinski definition) is 3.